The van der Waals surface area contributed by atoms with Crippen LogP contribution in [-0.2, 0) is 7.05 Å². The summed E-state index contributed by atoms with van der Waals surface area (Å²) in [6, 6.07) is 12.4. The lowest BCUT2D eigenvalue weighted by molar-refractivity contribution is 0.875. The van der Waals surface area contributed by atoms with Gasteiger partial charge in [0.1, 0.15) is 6.33 Å². The molecule has 1 aromatic carbocycles. The monoisotopic (exact) mass is 279 g/mol. The number of benzene rings is 1. The topological polar surface area (TPSA) is 55.6 Å². The van der Waals surface area contributed by atoms with Crippen LogP contribution in [0.5, 0.6) is 0 Å². The molecule has 1 N–H and O–H groups in total. The minimum Gasteiger partial charge on any atom is -0.378 e. The molecule has 0 spiro atoms. The van der Waals surface area contributed by atoms with Crippen LogP contribution >= 0.6 is 0 Å². The second-order valence-corrected chi connectivity index (χ2v) is 5.00. The Morgan fingerprint density at radius 3 is 2.81 bits per heavy atom. The summed E-state index contributed by atoms with van der Waals surface area (Å²) in [5, 5.41) is 11.5. The summed E-state index contributed by atoms with van der Waals surface area (Å²) < 4.78 is 1.91. The molecule has 0 aliphatic heterocycles. The van der Waals surface area contributed by atoms with Gasteiger partial charge in [0.05, 0.1) is 6.04 Å². The maximum absolute atomic E-state index is 4.16. The van der Waals surface area contributed by atoms with Gasteiger partial charge in [-0.15, -0.1) is 10.2 Å². The first-order valence-electron chi connectivity index (χ1n) is 6.85. The fourth-order valence-electron chi connectivity index (χ4n) is 2.26. The number of nitrogens with zero attached hydrogens (tertiary/aromatic N) is 4. The minimum absolute atomic E-state index is 0.188. The third-order valence-electron chi connectivity index (χ3n) is 3.40. The fraction of sp³-hybridized carbons (Fsp3) is 0.188. The molecule has 2 aromatic heterocycles. The van der Waals surface area contributed by atoms with Crippen LogP contribution < -0.4 is 5.32 Å². The summed E-state index contributed by atoms with van der Waals surface area (Å²) in [6.45, 7) is 2.12. The van der Waals surface area contributed by atoms with Crippen molar-refractivity contribution in [3.8, 4) is 11.4 Å². The Balaban J connectivity index is 1.82. The van der Waals surface area contributed by atoms with E-state index < -0.39 is 0 Å². The third-order valence-corrected chi connectivity index (χ3v) is 3.40. The summed E-state index contributed by atoms with van der Waals surface area (Å²) in [5.41, 5.74) is 3.24. The molecule has 1 atom stereocenters. The zero-order valence-corrected chi connectivity index (χ0v) is 12.1. The second kappa shape index (κ2) is 5.75. The Morgan fingerprint density at radius 1 is 1.19 bits per heavy atom. The van der Waals surface area contributed by atoms with Gasteiger partial charge in [-0.25, -0.2) is 0 Å². The highest BCUT2D eigenvalue weighted by atomic mass is 15.2. The maximum atomic E-state index is 4.16. The highest BCUT2D eigenvalue weighted by Gasteiger charge is 2.08. The number of aromatic nitrogens is 4. The average molecular weight is 279 g/mol. The van der Waals surface area contributed by atoms with E-state index in [9.17, 15) is 0 Å². The van der Waals surface area contributed by atoms with Crippen molar-refractivity contribution in [3.05, 3.63) is 60.7 Å². The second-order valence-electron chi connectivity index (χ2n) is 5.00. The molecule has 0 radical (unpaired) electrons. The molecule has 5 heteroatoms. The van der Waals surface area contributed by atoms with Crippen LogP contribution in [-0.4, -0.2) is 19.7 Å². The number of nitrogens with one attached hydrogen (secondary N) is 1. The Hall–Kier alpha value is -2.69. The van der Waals surface area contributed by atoms with Gasteiger partial charge >= 0.3 is 0 Å². The molecule has 106 valence electrons. The molecular formula is C16H17N5. The van der Waals surface area contributed by atoms with Crippen LogP contribution in [0.4, 0.5) is 5.69 Å². The third kappa shape index (κ3) is 2.91. The predicted molar refractivity (Wildman–Crippen MR) is 82.7 cm³/mol. The first-order chi connectivity index (χ1) is 10.2. The molecule has 0 saturated heterocycles. The molecule has 0 fully saturated rings. The SMILES string of the molecule is CC(Nc1cccc(-c2nncn2C)c1)c1cccnc1. The number of hydrogen-bond donors (Lipinski definition) is 1. The molecule has 0 bridgehead atoms. The van der Waals surface area contributed by atoms with Gasteiger partial charge in [0.15, 0.2) is 5.82 Å². The maximum Gasteiger partial charge on any atom is 0.163 e. The van der Waals surface area contributed by atoms with E-state index in [0.717, 1.165) is 22.6 Å². The van der Waals surface area contributed by atoms with Crippen molar-refractivity contribution in [3.63, 3.8) is 0 Å². The Bertz CT molecular complexity index is 720. The van der Waals surface area contributed by atoms with E-state index >= 15 is 0 Å². The van der Waals surface area contributed by atoms with Gasteiger partial charge in [-0.3, -0.25) is 4.98 Å². The molecule has 2 heterocycles. The summed E-state index contributed by atoms with van der Waals surface area (Å²) in [7, 11) is 1.94. The van der Waals surface area contributed by atoms with E-state index in [1.54, 1.807) is 12.5 Å². The molecule has 21 heavy (non-hydrogen) atoms. The quantitative estimate of drug-likeness (QED) is 0.797. The predicted octanol–water partition coefficient (Wildman–Crippen LogP) is 3.05. The minimum atomic E-state index is 0.188. The number of pyridine rings is 1. The summed E-state index contributed by atoms with van der Waals surface area (Å²) in [5.74, 6) is 0.854. The lowest BCUT2D eigenvalue weighted by Crippen LogP contribution is -2.06. The van der Waals surface area contributed by atoms with Gasteiger partial charge in [0, 0.05) is 30.7 Å². The lowest BCUT2D eigenvalue weighted by Gasteiger charge is -2.15. The zero-order valence-electron chi connectivity index (χ0n) is 12.1. The van der Waals surface area contributed by atoms with Crippen LogP contribution in [0.2, 0.25) is 0 Å². The van der Waals surface area contributed by atoms with E-state index in [2.05, 4.69) is 39.6 Å². The first-order valence-corrected chi connectivity index (χ1v) is 6.85. The highest BCUT2D eigenvalue weighted by molar-refractivity contribution is 5.62. The van der Waals surface area contributed by atoms with Crippen LogP contribution in [0.1, 0.15) is 18.5 Å². The fourth-order valence-corrected chi connectivity index (χ4v) is 2.26. The molecule has 5 nitrogen and oxygen atoms in total. The average Bonchev–Trinajstić information content (AvgIpc) is 2.94. The smallest absolute Gasteiger partial charge is 0.163 e. The Labute approximate surface area is 123 Å². The van der Waals surface area contributed by atoms with Crippen LogP contribution in [0.15, 0.2) is 55.1 Å². The van der Waals surface area contributed by atoms with E-state index in [1.165, 1.54) is 0 Å². The number of hydrogen-bond acceptors (Lipinski definition) is 4. The van der Waals surface area contributed by atoms with E-state index in [4.69, 9.17) is 0 Å². The molecular weight excluding hydrogens is 262 g/mol. The van der Waals surface area contributed by atoms with Gasteiger partial charge < -0.3 is 9.88 Å². The Kier molecular flexibility index (Phi) is 3.64. The van der Waals surface area contributed by atoms with Gasteiger partial charge in [-0.05, 0) is 30.7 Å². The van der Waals surface area contributed by atoms with Gasteiger partial charge in [-0.2, -0.15) is 0 Å². The van der Waals surface area contributed by atoms with Crippen molar-refractivity contribution in [1.82, 2.24) is 19.7 Å². The Morgan fingerprint density at radius 2 is 2.10 bits per heavy atom. The lowest BCUT2D eigenvalue weighted by atomic mass is 10.1. The zero-order chi connectivity index (χ0) is 14.7. The van der Waals surface area contributed by atoms with E-state index in [-0.39, 0.29) is 6.04 Å². The summed E-state index contributed by atoms with van der Waals surface area (Å²) >= 11 is 0. The molecule has 1 unspecified atom stereocenters. The highest BCUT2D eigenvalue weighted by Crippen LogP contribution is 2.23. The van der Waals surface area contributed by atoms with E-state index in [0.29, 0.717) is 0 Å². The van der Waals surface area contributed by atoms with Gasteiger partial charge in [0.2, 0.25) is 0 Å². The van der Waals surface area contributed by atoms with Crippen molar-refractivity contribution in [2.75, 3.05) is 5.32 Å². The number of rotatable bonds is 4. The van der Waals surface area contributed by atoms with Crippen LogP contribution in [0.3, 0.4) is 0 Å². The van der Waals surface area contributed by atoms with Gasteiger partial charge in [0.25, 0.3) is 0 Å². The van der Waals surface area contributed by atoms with Crippen molar-refractivity contribution < 1.29 is 0 Å². The van der Waals surface area contributed by atoms with Gasteiger partial charge in [-0.1, -0.05) is 18.2 Å². The molecule has 3 aromatic rings. The molecule has 0 saturated carbocycles. The summed E-state index contributed by atoms with van der Waals surface area (Å²) in [6.07, 6.45) is 5.36. The first kappa shape index (κ1) is 13.3. The normalized spacial score (nSPS) is 12.1. The number of anilines is 1. The van der Waals surface area contributed by atoms with E-state index in [1.807, 2.05) is 42.1 Å². The van der Waals surface area contributed by atoms with Crippen molar-refractivity contribution >= 4 is 5.69 Å². The standard InChI is InChI=1S/C16H17N5/c1-12(14-6-4-8-17-10-14)19-15-7-3-5-13(9-15)16-20-18-11-21(16)2/h3-12,19H,1-2H3. The van der Waals surface area contributed by atoms with Crippen LogP contribution in [0.25, 0.3) is 11.4 Å². The molecule has 0 aliphatic rings. The number of aryl methyl sites for hydroxylation is 1. The summed E-state index contributed by atoms with van der Waals surface area (Å²) in [4.78, 5) is 4.16. The van der Waals surface area contributed by atoms with Crippen molar-refractivity contribution in [1.29, 1.82) is 0 Å². The van der Waals surface area contributed by atoms with Crippen LogP contribution in [0, 0.1) is 0 Å². The molecule has 3 rings (SSSR count). The van der Waals surface area contributed by atoms with Crippen molar-refractivity contribution in [2.24, 2.45) is 7.05 Å². The molecule has 0 amide bonds. The largest absolute Gasteiger partial charge is 0.378 e. The molecule has 0 aliphatic carbocycles. The van der Waals surface area contributed by atoms with Crippen molar-refractivity contribution in [2.45, 2.75) is 13.0 Å².